The van der Waals surface area contributed by atoms with Crippen LogP contribution in [-0.2, 0) is 0 Å². The first-order valence-corrected chi connectivity index (χ1v) is 6.54. The summed E-state index contributed by atoms with van der Waals surface area (Å²) < 4.78 is 5.44. The number of halogens is 2. The SMILES string of the molecule is CC(C)(C)NC[C@H](O)COc1ccc(Cl)cc1Cl. The standard InChI is InChI=1S/C13H19Cl2NO2/c1-13(2,3)16-7-10(17)8-18-12-5-4-9(14)6-11(12)15/h4-6,10,16-17H,7-8H2,1-3H3/t10-/m0/s1. The van der Waals surface area contributed by atoms with Gasteiger partial charge in [0.2, 0.25) is 0 Å². The molecule has 0 saturated carbocycles. The average molecular weight is 292 g/mol. The molecule has 0 fully saturated rings. The highest BCUT2D eigenvalue weighted by molar-refractivity contribution is 6.35. The van der Waals surface area contributed by atoms with Gasteiger partial charge in [-0.25, -0.2) is 0 Å². The highest BCUT2D eigenvalue weighted by Crippen LogP contribution is 2.27. The molecule has 1 rings (SSSR count). The highest BCUT2D eigenvalue weighted by Gasteiger charge is 2.13. The molecule has 0 amide bonds. The molecule has 0 radical (unpaired) electrons. The van der Waals surface area contributed by atoms with Crippen LogP contribution in [0, 0.1) is 0 Å². The number of hydrogen-bond acceptors (Lipinski definition) is 3. The van der Waals surface area contributed by atoms with Crippen LogP contribution in [-0.4, -0.2) is 29.9 Å². The smallest absolute Gasteiger partial charge is 0.138 e. The molecule has 0 unspecified atom stereocenters. The summed E-state index contributed by atoms with van der Waals surface area (Å²) in [5.41, 5.74) is -0.0289. The Balaban J connectivity index is 2.40. The second-order valence-electron chi connectivity index (χ2n) is 5.17. The van der Waals surface area contributed by atoms with Crippen molar-refractivity contribution < 1.29 is 9.84 Å². The van der Waals surface area contributed by atoms with E-state index in [0.29, 0.717) is 22.3 Å². The number of ether oxygens (including phenoxy) is 1. The topological polar surface area (TPSA) is 41.5 Å². The number of aliphatic hydroxyl groups excluding tert-OH is 1. The molecule has 0 aliphatic carbocycles. The normalized spacial score (nSPS) is 13.4. The van der Waals surface area contributed by atoms with E-state index in [1.165, 1.54) is 0 Å². The molecule has 0 spiro atoms. The third kappa shape index (κ3) is 5.91. The monoisotopic (exact) mass is 291 g/mol. The van der Waals surface area contributed by atoms with Gasteiger partial charge < -0.3 is 15.2 Å². The van der Waals surface area contributed by atoms with Crippen LogP contribution in [0.1, 0.15) is 20.8 Å². The fourth-order valence-corrected chi connectivity index (χ4v) is 1.72. The van der Waals surface area contributed by atoms with Crippen molar-refractivity contribution in [3.8, 4) is 5.75 Å². The van der Waals surface area contributed by atoms with E-state index in [1.807, 2.05) is 20.8 Å². The third-order valence-electron chi connectivity index (χ3n) is 2.19. The lowest BCUT2D eigenvalue weighted by Gasteiger charge is -2.23. The largest absolute Gasteiger partial charge is 0.489 e. The minimum atomic E-state index is -0.587. The maximum atomic E-state index is 9.76. The highest BCUT2D eigenvalue weighted by atomic mass is 35.5. The molecule has 1 aromatic rings. The molecular formula is C13H19Cl2NO2. The number of rotatable bonds is 5. The molecule has 0 aliphatic heterocycles. The van der Waals surface area contributed by atoms with Crippen LogP contribution in [0.25, 0.3) is 0 Å². The molecule has 1 aromatic carbocycles. The Bertz CT molecular complexity index is 391. The van der Waals surface area contributed by atoms with E-state index >= 15 is 0 Å². The van der Waals surface area contributed by atoms with Gasteiger partial charge in [-0.15, -0.1) is 0 Å². The van der Waals surface area contributed by atoms with Crippen molar-refractivity contribution >= 4 is 23.2 Å². The van der Waals surface area contributed by atoms with Crippen molar-refractivity contribution in [2.75, 3.05) is 13.2 Å². The lowest BCUT2D eigenvalue weighted by Crippen LogP contribution is -2.42. The Labute approximate surface area is 118 Å². The molecule has 5 heteroatoms. The van der Waals surface area contributed by atoms with Gasteiger partial charge in [-0.05, 0) is 39.0 Å². The molecule has 2 N–H and O–H groups in total. The van der Waals surface area contributed by atoms with Crippen LogP contribution in [0.5, 0.6) is 5.75 Å². The summed E-state index contributed by atoms with van der Waals surface area (Å²) in [6.45, 7) is 6.77. The number of nitrogens with one attached hydrogen (secondary N) is 1. The van der Waals surface area contributed by atoms with Crippen molar-refractivity contribution in [2.45, 2.75) is 32.4 Å². The van der Waals surface area contributed by atoms with Gasteiger partial charge in [0.25, 0.3) is 0 Å². The summed E-state index contributed by atoms with van der Waals surface area (Å²) in [6.07, 6.45) is -0.587. The second-order valence-corrected chi connectivity index (χ2v) is 6.01. The first-order valence-electron chi connectivity index (χ1n) is 5.79. The van der Waals surface area contributed by atoms with E-state index in [4.69, 9.17) is 27.9 Å². The van der Waals surface area contributed by atoms with Gasteiger partial charge in [0, 0.05) is 17.1 Å². The van der Waals surface area contributed by atoms with Crippen LogP contribution in [0.2, 0.25) is 10.0 Å². The molecule has 0 saturated heterocycles. The quantitative estimate of drug-likeness (QED) is 0.876. The molecular weight excluding hydrogens is 273 g/mol. The summed E-state index contributed by atoms with van der Waals surface area (Å²) in [5.74, 6) is 0.524. The summed E-state index contributed by atoms with van der Waals surface area (Å²) >= 11 is 11.7. The van der Waals surface area contributed by atoms with Crippen molar-refractivity contribution in [3.63, 3.8) is 0 Å². The van der Waals surface area contributed by atoms with E-state index in [0.717, 1.165) is 0 Å². The van der Waals surface area contributed by atoms with E-state index in [-0.39, 0.29) is 12.1 Å². The molecule has 1 atom stereocenters. The van der Waals surface area contributed by atoms with Crippen molar-refractivity contribution in [3.05, 3.63) is 28.2 Å². The Morgan fingerprint density at radius 3 is 2.56 bits per heavy atom. The van der Waals surface area contributed by atoms with E-state index in [9.17, 15) is 5.11 Å². The molecule has 0 bridgehead atoms. The third-order valence-corrected chi connectivity index (χ3v) is 2.72. The molecule has 102 valence electrons. The first-order chi connectivity index (χ1) is 8.28. The summed E-state index contributed by atoms with van der Waals surface area (Å²) in [7, 11) is 0. The zero-order chi connectivity index (χ0) is 13.8. The Hall–Kier alpha value is -0.480. The molecule has 3 nitrogen and oxygen atoms in total. The molecule has 0 aliphatic rings. The lowest BCUT2D eigenvalue weighted by atomic mass is 10.1. The van der Waals surface area contributed by atoms with Crippen molar-refractivity contribution in [1.29, 1.82) is 0 Å². The predicted molar refractivity (Wildman–Crippen MR) is 75.7 cm³/mol. The van der Waals surface area contributed by atoms with Crippen LogP contribution in [0.4, 0.5) is 0 Å². The van der Waals surface area contributed by atoms with Gasteiger partial charge in [0.15, 0.2) is 0 Å². The van der Waals surface area contributed by atoms with Crippen LogP contribution >= 0.6 is 23.2 Å². The second kappa shape index (κ2) is 6.62. The predicted octanol–water partition coefficient (Wildman–Crippen LogP) is 3.12. The Morgan fingerprint density at radius 1 is 1.33 bits per heavy atom. The van der Waals surface area contributed by atoms with Gasteiger partial charge in [-0.1, -0.05) is 23.2 Å². The average Bonchev–Trinajstić information content (AvgIpc) is 2.24. The maximum absolute atomic E-state index is 9.76. The number of benzene rings is 1. The summed E-state index contributed by atoms with van der Waals surface area (Å²) in [6, 6.07) is 5.00. The minimum absolute atomic E-state index is 0.0289. The molecule has 18 heavy (non-hydrogen) atoms. The molecule has 0 aromatic heterocycles. The van der Waals surface area contributed by atoms with Gasteiger partial charge in [0.05, 0.1) is 5.02 Å². The van der Waals surface area contributed by atoms with Gasteiger partial charge >= 0.3 is 0 Å². The number of aliphatic hydroxyl groups is 1. The van der Waals surface area contributed by atoms with E-state index in [2.05, 4.69) is 5.32 Å². The molecule has 0 heterocycles. The maximum Gasteiger partial charge on any atom is 0.138 e. The van der Waals surface area contributed by atoms with Crippen LogP contribution in [0.3, 0.4) is 0 Å². The van der Waals surface area contributed by atoms with Gasteiger partial charge in [-0.3, -0.25) is 0 Å². The minimum Gasteiger partial charge on any atom is -0.489 e. The summed E-state index contributed by atoms with van der Waals surface area (Å²) in [4.78, 5) is 0. The fourth-order valence-electron chi connectivity index (χ4n) is 1.26. The van der Waals surface area contributed by atoms with Crippen molar-refractivity contribution in [1.82, 2.24) is 5.32 Å². The fraction of sp³-hybridized carbons (Fsp3) is 0.538. The van der Waals surface area contributed by atoms with Gasteiger partial charge in [0.1, 0.15) is 18.5 Å². The zero-order valence-corrected chi connectivity index (χ0v) is 12.3. The number of hydrogen-bond donors (Lipinski definition) is 2. The van der Waals surface area contributed by atoms with Crippen molar-refractivity contribution in [2.24, 2.45) is 0 Å². The van der Waals surface area contributed by atoms with Gasteiger partial charge in [-0.2, -0.15) is 0 Å². The Morgan fingerprint density at radius 2 is 2.00 bits per heavy atom. The van der Waals surface area contributed by atoms with E-state index in [1.54, 1.807) is 18.2 Å². The van der Waals surface area contributed by atoms with Crippen LogP contribution in [0.15, 0.2) is 18.2 Å². The Kier molecular flexibility index (Phi) is 5.73. The number of β-amino-alcohol motifs (C(OH)–C–C–N with tert-alkyl or cyclic N) is 1. The van der Waals surface area contributed by atoms with Crippen LogP contribution < -0.4 is 10.1 Å². The first kappa shape index (κ1) is 15.6. The summed E-state index contributed by atoms with van der Waals surface area (Å²) in [5, 5.41) is 14.0. The zero-order valence-electron chi connectivity index (χ0n) is 10.8. The van der Waals surface area contributed by atoms with E-state index < -0.39 is 6.10 Å². The lowest BCUT2D eigenvalue weighted by molar-refractivity contribution is 0.100.